The fourth-order valence-corrected chi connectivity index (χ4v) is 4.56. The molecule has 0 saturated heterocycles. The smallest absolute Gasteiger partial charge is 0.338 e. The lowest BCUT2D eigenvalue weighted by atomic mass is 10.1. The molecule has 3 aromatic rings. The summed E-state index contributed by atoms with van der Waals surface area (Å²) in [5, 5.41) is 9.28. The van der Waals surface area contributed by atoms with Crippen molar-refractivity contribution >= 4 is 34.5 Å². The minimum Gasteiger partial charge on any atom is -0.497 e. The number of anilines is 1. The summed E-state index contributed by atoms with van der Waals surface area (Å²) in [5.41, 5.74) is 0.767. The average Bonchev–Trinajstić information content (AvgIpc) is 2.87. The molecule has 186 valence electrons. The topological polar surface area (TPSA) is 112 Å². The molecule has 1 N–H and O–H groups in total. The van der Waals surface area contributed by atoms with E-state index >= 15 is 0 Å². The fourth-order valence-electron chi connectivity index (χ4n) is 3.05. The van der Waals surface area contributed by atoms with E-state index in [0.717, 1.165) is 5.56 Å². The van der Waals surface area contributed by atoms with Crippen molar-refractivity contribution in [2.45, 2.75) is 11.8 Å². The number of ether oxygens (including phenoxy) is 4. The molecule has 3 aromatic carbocycles. The maximum Gasteiger partial charge on any atom is 0.338 e. The number of carbonyl (C=O) groups excluding carboxylic acids is 1. The van der Waals surface area contributed by atoms with Gasteiger partial charge in [0.2, 0.25) is 0 Å². The number of carbonyl (C=O) groups is 1. The van der Waals surface area contributed by atoms with Crippen molar-refractivity contribution in [3.63, 3.8) is 0 Å². The van der Waals surface area contributed by atoms with Crippen molar-refractivity contribution in [2.75, 3.05) is 31.1 Å². The zero-order valence-corrected chi connectivity index (χ0v) is 21.0. The molecule has 3 rings (SSSR count). The van der Waals surface area contributed by atoms with Crippen molar-refractivity contribution in [3.8, 4) is 23.0 Å². The highest BCUT2D eigenvalue weighted by Crippen LogP contribution is 2.45. The highest BCUT2D eigenvalue weighted by molar-refractivity contribution is 8.06. The molecule has 0 heterocycles. The van der Waals surface area contributed by atoms with Gasteiger partial charge in [-0.2, -0.15) is 0 Å². The standard InChI is InChI=1S/C24H25NO8S2/c1-16-7-9-20(10-8-16)35(28,29)25(34)21-13-17(24(27)31-3)14-22(32-12-11-26)23(21)33-19-6-4-5-18(15-19)30-2/h4-10,13-15,26,34H,11-12H2,1-3H3. The van der Waals surface area contributed by atoms with Gasteiger partial charge in [-0.3, -0.25) is 0 Å². The molecule has 0 aromatic heterocycles. The van der Waals surface area contributed by atoms with Crippen LogP contribution in [0.4, 0.5) is 5.69 Å². The molecule has 9 nitrogen and oxygen atoms in total. The van der Waals surface area contributed by atoms with Gasteiger partial charge in [0.1, 0.15) is 23.8 Å². The summed E-state index contributed by atoms with van der Waals surface area (Å²) in [6.07, 6.45) is 0. The van der Waals surface area contributed by atoms with Gasteiger partial charge in [-0.25, -0.2) is 16.9 Å². The molecule has 0 saturated carbocycles. The van der Waals surface area contributed by atoms with Crippen LogP contribution in [0.15, 0.2) is 65.6 Å². The van der Waals surface area contributed by atoms with Gasteiger partial charge in [0.25, 0.3) is 10.0 Å². The van der Waals surface area contributed by atoms with Gasteiger partial charge in [-0.15, -0.1) is 0 Å². The molecular weight excluding hydrogens is 494 g/mol. The maximum atomic E-state index is 13.4. The molecule has 0 spiro atoms. The first kappa shape index (κ1) is 26.2. The van der Waals surface area contributed by atoms with Gasteiger partial charge >= 0.3 is 5.97 Å². The molecule has 0 amide bonds. The lowest BCUT2D eigenvalue weighted by Gasteiger charge is -2.23. The lowest BCUT2D eigenvalue weighted by Crippen LogP contribution is -2.23. The summed E-state index contributed by atoms with van der Waals surface area (Å²) in [7, 11) is -1.50. The van der Waals surface area contributed by atoms with Crippen molar-refractivity contribution in [1.29, 1.82) is 0 Å². The summed E-state index contributed by atoms with van der Waals surface area (Å²) in [6.45, 7) is 1.36. The predicted octanol–water partition coefficient (Wildman–Crippen LogP) is 3.99. The number of nitrogens with zero attached hydrogens (tertiary/aromatic N) is 1. The second kappa shape index (κ2) is 11.3. The summed E-state index contributed by atoms with van der Waals surface area (Å²) >= 11 is 4.28. The van der Waals surface area contributed by atoms with E-state index in [2.05, 4.69) is 12.8 Å². The molecule has 0 radical (unpaired) electrons. The van der Waals surface area contributed by atoms with Crippen LogP contribution >= 0.6 is 12.8 Å². The highest BCUT2D eigenvalue weighted by atomic mass is 32.3. The van der Waals surface area contributed by atoms with Crippen LogP contribution in [0, 0.1) is 6.92 Å². The number of thiol groups is 1. The SMILES string of the molecule is COC(=O)c1cc(OCCO)c(Oc2cccc(OC)c2)c(N(S)S(=O)(=O)c2ccc(C)cc2)c1. The van der Waals surface area contributed by atoms with Gasteiger partial charge in [0.05, 0.1) is 31.3 Å². The number of hydrogen-bond donors (Lipinski definition) is 2. The second-order valence-electron chi connectivity index (χ2n) is 7.23. The maximum absolute atomic E-state index is 13.4. The van der Waals surface area contributed by atoms with Crippen LogP contribution in [0.2, 0.25) is 0 Å². The number of sulfonamides is 1. The zero-order chi connectivity index (χ0) is 25.6. The van der Waals surface area contributed by atoms with Crippen LogP contribution in [-0.2, 0) is 14.8 Å². The summed E-state index contributed by atoms with van der Waals surface area (Å²) in [5.74, 6) is 0.0215. The Bertz CT molecular complexity index is 1290. The van der Waals surface area contributed by atoms with E-state index in [4.69, 9.17) is 18.9 Å². The third kappa shape index (κ3) is 5.99. The molecule has 0 aliphatic rings. The van der Waals surface area contributed by atoms with Crippen LogP contribution in [-0.4, -0.2) is 46.9 Å². The number of methoxy groups -OCH3 is 2. The summed E-state index contributed by atoms with van der Waals surface area (Å²) in [6, 6.07) is 15.4. The lowest BCUT2D eigenvalue weighted by molar-refractivity contribution is 0.0600. The van der Waals surface area contributed by atoms with E-state index in [1.54, 1.807) is 36.4 Å². The fraction of sp³-hybridized carbons (Fsp3) is 0.208. The Morgan fingerprint density at radius 1 is 1.03 bits per heavy atom. The van der Waals surface area contributed by atoms with E-state index in [-0.39, 0.29) is 40.9 Å². The van der Waals surface area contributed by atoms with Crippen molar-refractivity contribution in [1.82, 2.24) is 0 Å². The molecule has 0 atom stereocenters. The van der Waals surface area contributed by atoms with Crippen LogP contribution in [0.5, 0.6) is 23.0 Å². The minimum absolute atomic E-state index is 0.00192. The highest BCUT2D eigenvalue weighted by Gasteiger charge is 2.29. The number of hydrogen-bond acceptors (Lipinski definition) is 9. The van der Waals surface area contributed by atoms with Crippen LogP contribution in [0.3, 0.4) is 0 Å². The van der Waals surface area contributed by atoms with Crippen LogP contribution in [0.1, 0.15) is 15.9 Å². The molecule has 0 bridgehead atoms. The minimum atomic E-state index is -4.19. The van der Waals surface area contributed by atoms with Crippen molar-refractivity contribution in [3.05, 3.63) is 71.8 Å². The molecule has 35 heavy (non-hydrogen) atoms. The van der Waals surface area contributed by atoms with E-state index in [0.29, 0.717) is 15.2 Å². The number of aliphatic hydroxyl groups excluding tert-OH is 1. The van der Waals surface area contributed by atoms with Gasteiger partial charge in [-0.05, 0) is 56.1 Å². The van der Waals surface area contributed by atoms with E-state index in [1.165, 1.54) is 38.5 Å². The van der Waals surface area contributed by atoms with Crippen molar-refractivity contribution < 1.29 is 37.3 Å². The monoisotopic (exact) mass is 519 g/mol. The third-order valence-corrected chi connectivity index (χ3v) is 7.20. The Morgan fingerprint density at radius 3 is 2.34 bits per heavy atom. The first-order valence-electron chi connectivity index (χ1n) is 10.3. The van der Waals surface area contributed by atoms with Gasteiger partial charge < -0.3 is 24.1 Å². The zero-order valence-electron chi connectivity index (χ0n) is 19.3. The Hall–Kier alpha value is -3.41. The Kier molecular flexibility index (Phi) is 8.49. The average molecular weight is 520 g/mol. The summed E-state index contributed by atoms with van der Waals surface area (Å²) in [4.78, 5) is 12.3. The Labute approximate surface area is 209 Å². The van der Waals surface area contributed by atoms with Gasteiger partial charge in [-0.1, -0.05) is 23.8 Å². The number of aryl methyl sites for hydroxylation is 1. The normalized spacial score (nSPS) is 11.0. The largest absolute Gasteiger partial charge is 0.497 e. The first-order valence-corrected chi connectivity index (χ1v) is 12.2. The van der Waals surface area contributed by atoms with E-state index < -0.39 is 16.0 Å². The quantitative estimate of drug-likeness (QED) is 0.306. The molecule has 0 fully saturated rings. The molecule has 0 aliphatic carbocycles. The number of rotatable bonds is 10. The first-order chi connectivity index (χ1) is 16.7. The number of esters is 1. The third-order valence-electron chi connectivity index (χ3n) is 4.82. The number of aliphatic hydroxyl groups is 1. The van der Waals surface area contributed by atoms with E-state index in [1.807, 2.05) is 6.92 Å². The predicted molar refractivity (Wildman–Crippen MR) is 133 cm³/mol. The molecular formula is C24H25NO8S2. The Balaban J connectivity index is 2.22. The van der Waals surface area contributed by atoms with E-state index in [9.17, 15) is 18.3 Å². The number of benzene rings is 3. The van der Waals surface area contributed by atoms with Crippen molar-refractivity contribution in [2.24, 2.45) is 0 Å². The van der Waals surface area contributed by atoms with Gasteiger partial charge in [0.15, 0.2) is 11.5 Å². The summed E-state index contributed by atoms with van der Waals surface area (Å²) < 4.78 is 49.2. The van der Waals surface area contributed by atoms with Crippen LogP contribution < -0.4 is 17.9 Å². The Morgan fingerprint density at radius 2 is 1.71 bits per heavy atom. The van der Waals surface area contributed by atoms with Crippen LogP contribution in [0.25, 0.3) is 0 Å². The molecule has 0 aliphatic heterocycles. The molecule has 11 heteroatoms. The molecule has 0 unspecified atom stereocenters. The second-order valence-corrected chi connectivity index (χ2v) is 9.69. The van der Waals surface area contributed by atoms with Gasteiger partial charge in [0, 0.05) is 6.07 Å².